The number of carbonyl (C=O) groups is 6. The van der Waals surface area contributed by atoms with Crippen LogP contribution < -0.4 is 0 Å². The van der Waals surface area contributed by atoms with Gasteiger partial charge in [-0.1, -0.05) is 13.8 Å². The highest BCUT2D eigenvalue weighted by Crippen LogP contribution is 2.45. The summed E-state index contributed by atoms with van der Waals surface area (Å²) in [5, 5.41) is 0. The largest absolute Gasteiger partial charge is 0.468 e. The Kier molecular flexibility index (Phi) is 10.6. The van der Waals surface area contributed by atoms with E-state index in [0.29, 0.717) is 38.5 Å². The van der Waals surface area contributed by atoms with Crippen LogP contribution >= 0.6 is 0 Å². The molecule has 186 valence electrons. The van der Waals surface area contributed by atoms with Crippen LogP contribution in [0.2, 0.25) is 0 Å². The average Bonchev–Trinajstić information content (AvgIpc) is 3.31. The third-order valence-corrected chi connectivity index (χ3v) is 7.00. The Bertz CT molecular complexity index is 785. The molecule has 8 heteroatoms. The lowest BCUT2D eigenvalue weighted by atomic mass is 9.72. The van der Waals surface area contributed by atoms with E-state index < -0.39 is 22.8 Å². The molecule has 0 spiro atoms. The van der Waals surface area contributed by atoms with Crippen molar-refractivity contribution >= 4 is 35.1 Å². The molecule has 0 bridgehead atoms. The van der Waals surface area contributed by atoms with E-state index in [1.165, 1.54) is 21.0 Å². The summed E-state index contributed by atoms with van der Waals surface area (Å²) in [4.78, 5) is 70.1. The van der Waals surface area contributed by atoms with Crippen molar-refractivity contribution in [3.8, 4) is 0 Å². The van der Waals surface area contributed by atoms with Crippen molar-refractivity contribution in [1.29, 1.82) is 0 Å². The lowest BCUT2D eigenvalue weighted by molar-refractivity contribution is -0.163. The summed E-state index contributed by atoms with van der Waals surface area (Å²) in [5.74, 6) is -1.62. The predicted octanol–water partition coefficient (Wildman–Crippen LogP) is 3.42. The van der Waals surface area contributed by atoms with Crippen molar-refractivity contribution in [2.24, 2.45) is 22.7 Å². The number of ketones is 4. The minimum atomic E-state index is -1.07. The topological polar surface area (TPSA) is 121 Å². The number of Topliss-reactive ketones (excluding diaryl/α,β-unsaturated/α-hetero) is 4. The van der Waals surface area contributed by atoms with Gasteiger partial charge >= 0.3 is 11.9 Å². The maximum absolute atomic E-state index is 12.0. The molecule has 2 rings (SSSR count). The van der Waals surface area contributed by atoms with Gasteiger partial charge in [-0.3, -0.25) is 19.2 Å². The Balaban J connectivity index is 0.000000331. The van der Waals surface area contributed by atoms with Crippen LogP contribution in [0.5, 0.6) is 0 Å². The van der Waals surface area contributed by atoms with Gasteiger partial charge in [0.05, 0.1) is 13.7 Å². The van der Waals surface area contributed by atoms with Gasteiger partial charge in [0.2, 0.25) is 0 Å². The normalized spacial score (nSPS) is 26.1. The smallest absolute Gasteiger partial charge is 0.319 e. The summed E-state index contributed by atoms with van der Waals surface area (Å²) in [6.07, 6.45) is 3.77. The SMILES string of the molecule is CCOC(=O)C1(C(C)CC(C)=O)CCCC1=O.COC(=O)C1(C(C)CC(C)=O)CCCC1=O. The summed E-state index contributed by atoms with van der Waals surface area (Å²) >= 11 is 0. The van der Waals surface area contributed by atoms with Crippen LogP contribution in [0.25, 0.3) is 0 Å². The molecule has 2 aliphatic rings. The zero-order valence-corrected chi connectivity index (χ0v) is 20.8. The maximum Gasteiger partial charge on any atom is 0.319 e. The number of carbonyl (C=O) groups excluding carboxylic acids is 6. The van der Waals surface area contributed by atoms with Crippen molar-refractivity contribution in [1.82, 2.24) is 0 Å². The van der Waals surface area contributed by atoms with Gasteiger partial charge in [-0.2, -0.15) is 0 Å². The van der Waals surface area contributed by atoms with Crippen molar-refractivity contribution in [3.05, 3.63) is 0 Å². The number of ether oxygens (including phenoxy) is 2. The van der Waals surface area contributed by atoms with E-state index in [1.54, 1.807) is 20.8 Å². The van der Waals surface area contributed by atoms with E-state index in [9.17, 15) is 28.8 Å². The monoisotopic (exact) mass is 466 g/mol. The molecule has 0 aromatic carbocycles. The molecule has 8 nitrogen and oxygen atoms in total. The molecule has 0 amide bonds. The summed E-state index contributed by atoms with van der Waals surface area (Å²) < 4.78 is 9.77. The lowest BCUT2D eigenvalue weighted by Crippen LogP contribution is -2.43. The van der Waals surface area contributed by atoms with Gasteiger partial charge in [0.25, 0.3) is 0 Å². The summed E-state index contributed by atoms with van der Waals surface area (Å²) in [7, 11) is 1.29. The van der Waals surface area contributed by atoms with Gasteiger partial charge in [-0.05, 0) is 58.3 Å². The minimum Gasteiger partial charge on any atom is -0.468 e. The molecule has 2 saturated carbocycles. The fourth-order valence-corrected chi connectivity index (χ4v) is 5.31. The number of esters is 2. The van der Waals surface area contributed by atoms with Crippen LogP contribution in [0.1, 0.15) is 86.0 Å². The van der Waals surface area contributed by atoms with Gasteiger partial charge in [0.15, 0.2) is 0 Å². The van der Waals surface area contributed by atoms with Crippen LogP contribution in [0.15, 0.2) is 0 Å². The van der Waals surface area contributed by atoms with Crippen molar-refractivity contribution < 1.29 is 38.2 Å². The Morgan fingerprint density at radius 2 is 1.21 bits per heavy atom. The fourth-order valence-electron chi connectivity index (χ4n) is 5.31. The molecular formula is C25H38O8. The van der Waals surface area contributed by atoms with Gasteiger partial charge in [0.1, 0.15) is 34.0 Å². The number of rotatable bonds is 9. The van der Waals surface area contributed by atoms with Crippen LogP contribution in [-0.4, -0.2) is 48.8 Å². The lowest BCUT2D eigenvalue weighted by Gasteiger charge is -2.30. The molecule has 4 unspecified atom stereocenters. The zero-order valence-electron chi connectivity index (χ0n) is 20.8. The van der Waals surface area contributed by atoms with E-state index >= 15 is 0 Å². The summed E-state index contributed by atoms with van der Waals surface area (Å²) in [5.41, 5.74) is -2.14. The predicted molar refractivity (Wildman–Crippen MR) is 120 cm³/mol. The highest BCUT2D eigenvalue weighted by Gasteiger charge is 2.54. The van der Waals surface area contributed by atoms with E-state index in [2.05, 4.69) is 0 Å². The second-order valence-corrected chi connectivity index (χ2v) is 9.32. The average molecular weight is 467 g/mol. The van der Waals surface area contributed by atoms with E-state index in [0.717, 1.165) is 0 Å². The third-order valence-electron chi connectivity index (χ3n) is 7.00. The standard InChI is InChI=1S/C13H20O4.C12H18O4/c1-4-17-12(16)13(7-5-6-11(13)15)9(2)8-10(3)14;1-8(7-9(2)13)12(11(15)16-3)6-4-5-10(12)14/h9H,4-8H2,1-3H3;8H,4-7H2,1-3H3. The Morgan fingerprint density at radius 1 is 0.818 bits per heavy atom. The van der Waals surface area contributed by atoms with E-state index in [1.807, 2.05) is 0 Å². The zero-order chi connectivity index (χ0) is 25.4. The molecule has 2 fully saturated rings. The van der Waals surface area contributed by atoms with Crippen LogP contribution in [0, 0.1) is 22.7 Å². The highest BCUT2D eigenvalue weighted by molar-refractivity contribution is 6.06. The minimum absolute atomic E-state index is 0.000809. The molecule has 0 N–H and O–H groups in total. The molecule has 0 aromatic rings. The molecule has 0 heterocycles. The first-order valence-corrected chi connectivity index (χ1v) is 11.7. The first kappa shape index (κ1) is 28.7. The number of hydrogen-bond donors (Lipinski definition) is 0. The van der Waals surface area contributed by atoms with Crippen LogP contribution in [0.3, 0.4) is 0 Å². The third kappa shape index (κ3) is 6.15. The summed E-state index contributed by atoms with van der Waals surface area (Å²) in [6.45, 7) is 8.51. The van der Waals surface area contributed by atoms with Gasteiger partial charge in [-0.15, -0.1) is 0 Å². The Labute approximate surface area is 196 Å². The second-order valence-electron chi connectivity index (χ2n) is 9.32. The second kappa shape index (κ2) is 12.2. The summed E-state index contributed by atoms with van der Waals surface area (Å²) in [6, 6.07) is 0. The van der Waals surface area contributed by atoms with Crippen molar-refractivity contribution in [2.75, 3.05) is 13.7 Å². The molecule has 0 saturated heterocycles. The molecule has 0 radical (unpaired) electrons. The molecule has 2 aliphatic carbocycles. The van der Waals surface area contributed by atoms with Gasteiger partial charge < -0.3 is 19.1 Å². The van der Waals surface area contributed by atoms with E-state index in [-0.39, 0.29) is 54.4 Å². The molecular weight excluding hydrogens is 428 g/mol. The Hall–Kier alpha value is -2.38. The van der Waals surface area contributed by atoms with Crippen LogP contribution in [0.4, 0.5) is 0 Å². The van der Waals surface area contributed by atoms with Crippen molar-refractivity contribution in [3.63, 3.8) is 0 Å². The fraction of sp³-hybridized carbons (Fsp3) is 0.760. The quantitative estimate of drug-likeness (QED) is 0.374. The molecule has 33 heavy (non-hydrogen) atoms. The Morgan fingerprint density at radius 3 is 1.48 bits per heavy atom. The maximum atomic E-state index is 12.0. The number of hydrogen-bond acceptors (Lipinski definition) is 8. The van der Waals surface area contributed by atoms with Crippen LogP contribution in [-0.2, 0) is 38.2 Å². The first-order valence-electron chi connectivity index (χ1n) is 11.7. The first-order chi connectivity index (χ1) is 15.4. The van der Waals surface area contributed by atoms with Crippen molar-refractivity contribution in [2.45, 2.75) is 86.0 Å². The van der Waals surface area contributed by atoms with Gasteiger partial charge in [-0.25, -0.2) is 0 Å². The number of methoxy groups -OCH3 is 1. The highest BCUT2D eigenvalue weighted by atomic mass is 16.5. The van der Waals surface area contributed by atoms with Gasteiger partial charge in [0, 0.05) is 25.7 Å². The molecule has 0 aliphatic heterocycles. The molecule has 0 aromatic heterocycles. The molecule has 4 atom stereocenters. The van der Waals surface area contributed by atoms with E-state index in [4.69, 9.17) is 9.47 Å².